The molecule has 5 heteroatoms. The van der Waals surface area contributed by atoms with Gasteiger partial charge in [-0.3, -0.25) is 14.6 Å². The molecule has 2 amide bonds. The van der Waals surface area contributed by atoms with E-state index >= 15 is 0 Å². The van der Waals surface area contributed by atoms with Crippen LogP contribution in [-0.2, 0) is 4.79 Å². The number of piperazine rings is 1. The van der Waals surface area contributed by atoms with Gasteiger partial charge in [0, 0.05) is 25.0 Å². The molecule has 102 valence electrons. The number of hydrogen-bond donors (Lipinski definition) is 1. The summed E-state index contributed by atoms with van der Waals surface area (Å²) >= 11 is 0. The lowest BCUT2D eigenvalue weighted by Crippen LogP contribution is -2.59. The van der Waals surface area contributed by atoms with Gasteiger partial charge in [-0.1, -0.05) is 13.8 Å². The quantitative estimate of drug-likeness (QED) is 0.863. The molecule has 0 aromatic carbocycles. The summed E-state index contributed by atoms with van der Waals surface area (Å²) in [7, 11) is 0. The van der Waals surface area contributed by atoms with Crippen LogP contribution in [-0.4, -0.2) is 40.8 Å². The molecule has 5 nitrogen and oxygen atoms in total. The average molecular weight is 261 g/mol. The van der Waals surface area contributed by atoms with Crippen LogP contribution in [0.2, 0.25) is 0 Å². The van der Waals surface area contributed by atoms with Gasteiger partial charge in [0.2, 0.25) is 5.91 Å². The van der Waals surface area contributed by atoms with Crippen molar-refractivity contribution >= 4 is 11.8 Å². The second kappa shape index (κ2) is 5.38. The van der Waals surface area contributed by atoms with Crippen molar-refractivity contribution in [3.8, 4) is 0 Å². The van der Waals surface area contributed by atoms with Crippen molar-refractivity contribution in [2.75, 3.05) is 13.1 Å². The summed E-state index contributed by atoms with van der Waals surface area (Å²) < 4.78 is 0. The fraction of sp³-hybridized carbons (Fsp3) is 0.500. The lowest BCUT2D eigenvalue weighted by molar-refractivity contribution is -0.129. The van der Waals surface area contributed by atoms with Gasteiger partial charge in [-0.2, -0.15) is 0 Å². The van der Waals surface area contributed by atoms with Gasteiger partial charge >= 0.3 is 0 Å². The molecule has 0 saturated carbocycles. The molecule has 0 unspecified atom stereocenters. The topological polar surface area (TPSA) is 62.3 Å². The van der Waals surface area contributed by atoms with Crippen molar-refractivity contribution < 1.29 is 9.59 Å². The van der Waals surface area contributed by atoms with Gasteiger partial charge in [0.15, 0.2) is 0 Å². The Morgan fingerprint density at radius 1 is 1.47 bits per heavy atom. The number of nitrogens with zero attached hydrogens (tertiary/aromatic N) is 2. The Balaban J connectivity index is 2.25. The largest absolute Gasteiger partial charge is 0.353 e. The van der Waals surface area contributed by atoms with Crippen LogP contribution in [0, 0.1) is 12.8 Å². The van der Waals surface area contributed by atoms with E-state index in [4.69, 9.17) is 0 Å². The Kier molecular flexibility index (Phi) is 3.83. The highest BCUT2D eigenvalue weighted by Crippen LogP contribution is 2.17. The zero-order valence-electron chi connectivity index (χ0n) is 11.5. The van der Waals surface area contributed by atoms with Crippen LogP contribution >= 0.6 is 0 Å². The molecule has 1 aromatic rings. The predicted octanol–water partition coefficient (Wildman–Crippen LogP) is 0.987. The first-order chi connectivity index (χ1) is 9.00. The minimum absolute atomic E-state index is 0.0744. The number of nitrogens with one attached hydrogen (secondary N) is 1. The number of carbonyl (C=O) groups is 2. The fourth-order valence-electron chi connectivity index (χ4n) is 2.34. The zero-order valence-corrected chi connectivity index (χ0v) is 11.5. The highest BCUT2D eigenvalue weighted by molar-refractivity contribution is 5.98. The Morgan fingerprint density at radius 2 is 2.21 bits per heavy atom. The second-order valence-electron chi connectivity index (χ2n) is 5.17. The normalized spacial score (nSPS) is 19.5. The molecule has 2 rings (SSSR count). The predicted molar refractivity (Wildman–Crippen MR) is 71.6 cm³/mol. The van der Waals surface area contributed by atoms with Crippen molar-refractivity contribution in [3.05, 3.63) is 29.6 Å². The first-order valence-corrected chi connectivity index (χ1v) is 6.52. The molecule has 1 N–H and O–H groups in total. The lowest BCUT2D eigenvalue weighted by atomic mass is 9.99. The van der Waals surface area contributed by atoms with Gasteiger partial charge in [0.1, 0.15) is 6.04 Å². The van der Waals surface area contributed by atoms with Gasteiger partial charge in [-0.25, -0.2) is 0 Å². The van der Waals surface area contributed by atoms with E-state index < -0.39 is 6.04 Å². The maximum atomic E-state index is 12.5. The highest BCUT2D eigenvalue weighted by Gasteiger charge is 2.35. The molecular formula is C14H19N3O2. The van der Waals surface area contributed by atoms with E-state index in [1.54, 1.807) is 17.2 Å². The van der Waals surface area contributed by atoms with E-state index in [9.17, 15) is 9.59 Å². The summed E-state index contributed by atoms with van der Waals surface area (Å²) in [6.45, 7) is 6.82. The van der Waals surface area contributed by atoms with Crippen LogP contribution in [0.5, 0.6) is 0 Å². The summed E-state index contributed by atoms with van der Waals surface area (Å²) in [5, 5.41) is 2.81. The molecule has 1 fully saturated rings. The van der Waals surface area contributed by atoms with Gasteiger partial charge in [0.25, 0.3) is 5.91 Å². The van der Waals surface area contributed by atoms with Crippen LogP contribution < -0.4 is 5.32 Å². The Morgan fingerprint density at radius 3 is 2.79 bits per heavy atom. The molecular weight excluding hydrogens is 242 g/mol. The highest BCUT2D eigenvalue weighted by atomic mass is 16.2. The number of pyridine rings is 1. The summed E-state index contributed by atoms with van der Waals surface area (Å²) in [4.78, 5) is 30.2. The molecule has 1 aliphatic heterocycles. The van der Waals surface area contributed by atoms with E-state index in [1.807, 2.05) is 26.8 Å². The minimum atomic E-state index is -0.400. The van der Waals surface area contributed by atoms with Crippen molar-refractivity contribution in [1.29, 1.82) is 0 Å². The Bertz CT molecular complexity index is 482. The first-order valence-electron chi connectivity index (χ1n) is 6.52. The summed E-state index contributed by atoms with van der Waals surface area (Å²) in [5.41, 5.74) is 1.40. The maximum absolute atomic E-state index is 12.5. The van der Waals surface area contributed by atoms with E-state index in [-0.39, 0.29) is 17.7 Å². The molecule has 1 aliphatic rings. The molecule has 0 aliphatic carbocycles. The van der Waals surface area contributed by atoms with E-state index in [0.717, 1.165) is 5.69 Å². The van der Waals surface area contributed by atoms with Crippen molar-refractivity contribution in [2.24, 2.45) is 5.92 Å². The van der Waals surface area contributed by atoms with Crippen LogP contribution in [0.15, 0.2) is 18.3 Å². The molecule has 2 heterocycles. The van der Waals surface area contributed by atoms with Crippen LogP contribution in [0.4, 0.5) is 0 Å². The monoisotopic (exact) mass is 261 g/mol. The number of hydrogen-bond acceptors (Lipinski definition) is 3. The molecule has 1 saturated heterocycles. The van der Waals surface area contributed by atoms with Crippen LogP contribution in [0.3, 0.4) is 0 Å². The molecule has 0 radical (unpaired) electrons. The third-order valence-corrected chi connectivity index (χ3v) is 3.31. The number of aryl methyl sites for hydroxylation is 1. The fourth-order valence-corrected chi connectivity index (χ4v) is 2.34. The van der Waals surface area contributed by atoms with E-state index in [2.05, 4.69) is 10.3 Å². The van der Waals surface area contributed by atoms with Crippen LogP contribution in [0.25, 0.3) is 0 Å². The minimum Gasteiger partial charge on any atom is -0.353 e. The summed E-state index contributed by atoms with van der Waals surface area (Å²) in [6, 6.07) is 3.17. The SMILES string of the molecule is Cc1ccc(C(=O)N2CCNC(=O)[C@H]2C(C)C)cn1. The molecule has 1 atom stereocenters. The van der Waals surface area contributed by atoms with Gasteiger partial charge in [-0.05, 0) is 25.0 Å². The van der Waals surface area contributed by atoms with Crippen molar-refractivity contribution in [1.82, 2.24) is 15.2 Å². The number of carbonyl (C=O) groups excluding carboxylic acids is 2. The molecule has 1 aromatic heterocycles. The van der Waals surface area contributed by atoms with Crippen LogP contribution in [0.1, 0.15) is 29.9 Å². The van der Waals surface area contributed by atoms with E-state index in [1.165, 1.54) is 0 Å². The van der Waals surface area contributed by atoms with Gasteiger partial charge in [-0.15, -0.1) is 0 Å². The van der Waals surface area contributed by atoms with Gasteiger partial charge in [0.05, 0.1) is 5.56 Å². The van der Waals surface area contributed by atoms with Gasteiger partial charge < -0.3 is 10.2 Å². The molecule has 0 spiro atoms. The second-order valence-corrected chi connectivity index (χ2v) is 5.17. The first kappa shape index (κ1) is 13.5. The van der Waals surface area contributed by atoms with Crippen molar-refractivity contribution in [3.63, 3.8) is 0 Å². The number of aromatic nitrogens is 1. The average Bonchev–Trinajstić information content (AvgIpc) is 2.38. The van der Waals surface area contributed by atoms with Crippen molar-refractivity contribution in [2.45, 2.75) is 26.8 Å². The number of amides is 2. The maximum Gasteiger partial charge on any atom is 0.256 e. The summed E-state index contributed by atoms with van der Waals surface area (Å²) in [6.07, 6.45) is 1.57. The summed E-state index contributed by atoms with van der Waals surface area (Å²) in [5.74, 6) is -0.113. The molecule has 19 heavy (non-hydrogen) atoms. The molecule has 0 bridgehead atoms. The third kappa shape index (κ3) is 2.75. The Labute approximate surface area is 113 Å². The standard InChI is InChI=1S/C14H19N3O2/c1-9(2)12-13(18)15-6-7-17(12)14(19)11-5-4-10(3)16-8-11/h4-5,8-9,12H,6-7H2,1-3H3,(H,15,18)/t12-/m1/s1. The zero-order chi connectivity index (χ0) is 14.0. The Hall–Kier alpha value is -1.91. The van der Waals surface area contributed by atoms with E-state index in [0.29, 0.717) is 18.7 Å². The smallest absolute Gasteiger partial charge is 0.256 e. The third-order valence-electron chi connectivity index (χ3n) is 3.31. The number of rotatable bonds is 2. The lowest BCUT2D eigenvalue weighted by Gasteiger charge is -2.37.